The normalized spacial score (nSPS) is 12.6. The third-order valence-electron chi connectivity index (χ3n) is 3.42. The summed E-state index contributed by atoms with van der Waals surface area (Å²) in [5, 5.41) is 0. The van der Waals surface area contributed by atoms with Crippen LogP contribution in [0.5, 0.6) is 0 Å². The van der Waals surface area contributed by atoms with E-state index in [0.29, 0.717) is 0 Å². The van der Waals surface area contributed by atoms with Gasteiger partial charge in [-0.3, -0.25) is 0 Å². The molecule has 3 N–H and O–H groups in total. The van der Waals surface area contributed by atoms with E-state index in [1.165, 1.54) is 12.1 Å². The Morgan fingerprint density at radius 2 is 1.95 bits per heavy atom. The minimum Gasteiger partial charge on any atom is -0.344 e. The molecule has 0 amide bonds. The van der Waals surface area contributed by atoms with E-state index in [2.05, 4.69) is 31.0 Å². The Balaban J connectivity index is 2.27. The number of hydrogen-bond donors (Lipinski definition) is 2. The Morgan fingerprint density at radius 1 is 1.21 bits per heavy atom. The van der Waals surface area contributed by atoms with E-state index >= 15 is 0 Å². The third kappa shape index (κ3) is 3.24. The minimum atomic E-state index is 0.0164. The molecule has 0 aliphatic heterocycles. The molecule has 2 aromatic rings. The number of nitrogens with one attached hydrogen (secondary N) is 1. The summed E-state index contributed by atoms with van der Waals surface area (Å²) in [4.78, 5) is 8.13. The fraction of sp³-hybridized carbons (Fsp3) is 0.438. The first-order chi connectivity index (χ1) is 9.26. The second-order valence-electron chi connectivity index (χ2n) is 4.92. The van der Waals surface area contributed by atoms with Crippen molar-refractivity contribution in [3.8, 4) is 11.3 Å². The Morgan fingerprint density at radius 3 is 2.58 bits per heavy atom. The highest BCUT2D eigenvalue weighted by atomic mass is 15.0. The van der Waals surface area contributed by atoms with Crippen LogP contribution in [-0.2, 0) is 6.42 Å². The molecule has 1 aromatic carbocycles. The van der Waals surface area contributed by atoms with Crippen molar-refractivity contribution < 1.29 is 0 Å². The van der Waals surface area contributed by atoms with Crippen molar-refractivity contribution in [3.63, 3.8) is 0 Å². The molecule has 2 rings (SSSR count). The highest BCUT2D eigenvalue weighted by Crippen LogP contribution is 2.24. The lowest BCUT2D eigenvalue weighted by Gasteiger charge is -2.06. The molecule has 1 unspecified atom stereocenters. The van der Waals surface area contributed by atoms with Crippen LogP contribution in [-0.4, -0.2) is 9.97 Å². The third-order valence-corrected chi connectivity index (χ3v) is 3.42. The number of imidazole rings is 1. The number of unbranched alkanes of at least 4 members (excludes halogenated alkanes) is 1. The summed E-state index contributed by atoms with van der Waals surface area (Å²) in [5.41, 5.74) is 9.58. The van der Waals surface area contributed by atoms with Crippen molar-refractivity contribution in [1.82, 2.24) is 9.97 Å². The average molecular weight is 257 g/mol. The van der Waals surface area contributed by atoms with Crippen molar-refractivity contribution >= 4 is 0 Å². The molecule has 1 aromatic heterocycles. The predicted molar refractivity (Wildman–Crippen MR) is 79.9 cm³/mol. The molecule has 0 saturated carbocycles. The molecule has 0 spiro atoms. The molecule has 0 fully saturated rings. The van der Waals surface area contributed by atoms with E-state index in [1.54, 1.807) is 0 Å². The van der Waals surface area contributed by atoms with E-state index in [0.717, 1.165) is 36.3 Å². The molecular weight excluding hydrogens is 234 g/mol. The maximum Gasteiger partial charge on any atom is 0.123 e. The number of hydrogen-bond acceptors (Lipinski definition) is 2. The number of benzene rings is 1. The van der Waals surface area contributed by atoms with Crippen molar-refractivity contribution in [1.29, 1.82) is 0 Å². The van der Waals surface area contributed by atoms with Gasteiger partial charge in [0, 0.05) is 11.3 Å². The Labute approximate surface area is 115 Å². The van der Waals surface area contributed by atoms with Gasteiger partial charge in [0.15, 0.2) is 0 Å². The first-order valence-electron chi connectivity index (χ1n) is 7.16. The monoisotopic (exact) mass is 257 g/mol. The summed E-state index contributed by atoms with van der Waals surface area (Å²) >= 11 is 0. The number of H-pyrrole nitrogens is 1. The average Bonchev–Trinajstić information content (AvgIpc) is 2.90. The molecule has 0 saturated heterocycles. The second kappa shape index (κ2) is 6.53. The smallest absolute Gasteiger partial charge is 0.123 e. The Kier molecular flexibility index (Phi) is 4.74. The molecule has 0 radical (unpaired) electrons. The quantitative estimate of drug-likeness (QED) is 0.826. The molecule has 102 valence electrons. The topological polar surface area (TPSA) is 54.7 Å². The van der Waals surface area contributed by atoms with Gasteiger partial charge in [-0.1, -0.05) is 57.0 Å². The molecule has 1 heterocycles. The predicted octanol–water partition coefficient (Wildman–Crippen LogP) is 3.83. The zero-order valence-electron chi connectivity index (χ0n) is 11.8. The number of aryl methyl sites for hydroxylation is 1. The highest BCUT2D eigenvalue weighted by Gasteiger charge is 2.15. The molecule has 1 atom stereocenters. The first kappa shape index (κ1) is 13.8. The summed E-state index contributed by atoms with van der Waals surface area (Å²) < 4.78 is 0. The van der Waals surface area contributed by atoms with E-state index in [-0.39, 0.29) is 6.04 Å². The Bertz CT molecular complexity index is 502. The second-order valence-corrected chi connectivity index (χ2v) is 4.92. The van der Waals surface area contributed by atoms with Crippen LogP contribution in [0.3, 0.4) is 0 Å². The SMILES string of the molecule is CCCCC(N)c1nc(-c2ccccc2)c(CC)[nH]1. The van der Waals surface area contributed by atoms with Gasteiger partial charge in [-0.25, -0.2) is 4.98 Å². The minimum absolute atomic E-state index is 0.0164. The lowest BCUT2D eigenvalue weighted by atomic mass is 10.1. The van der Waals surface area contributed by atoms with Gasteiger partial charge in [0.25, 0.3) is 0 Å². The molecule has 0 aliphatic carbocycles. The number of rotatable bonds is 6. The van der Waals surface area contributed by atoms with Gasteiger partial charge >= 0.3 is 0 Å². The largest absolute Gasteiger partial charge is 0.344 e. The van der Waals surface area contributed by atoms with Gasteiger partial charge in [0.05, 0.1) is 11.7 Å². The van der Waals surface area contributed by atoms with Crippen LogP contribution in [0.2, 0.25) is 0 Å². The van der Waals surface area contributed by atoms with Gasteiger partial charge in [-0.05, 0) is 12.8 Å². The maximum absolute atomic E-state index is 6.20. The van der Waals surface area contributed by atoms with Gasteiger partial charge < -0.3 is 10.7 Å². The molecular formula is C16H23N3. The van der Waals surface area contributed by atoms with Gasteiger partial charge in [-0.15, -0.1) is 0 Å². The van der Waals surface area contributed by atoms with Crippen molar-refractivity contribution in [2.24, 2.45) is 5.73 Å². The van der Waals surface area contributed by atoms with Crippen LogP contribution in [0.25, 0.3) is 11.3 Å². The number of aromatic nitrogens is 2. The van der Waals surface area contributed by atoms with E-state index in [9.17, 15) is 0 Å². The molecule has 0 bridgehead atoms. The van der Waals surface area contributed by atoms with Crippen LogP contribution < -0.4 is 5.73 Å². The van der Waals surface area contributed by atoms with E-state index in [4.69, 9.17) is 10.7 Å². The fourth-order valence-electron chi connectivity index (χ4n) is 2.26. The molecule has 3 heteroatoms. The van der Waals surface area contributed by atoms with E-state index < -0.39 is 0 Å². The number of nitrogens with zero attached hydrogens (tertiary/aromatic N) is 1. The summed E-state index contributed by atoms with van der Waals surface area (Å²) in [5.74, 6) is 0.921. The zero-order valence-corrected chi connectivity index (χ0v) is 11.8. The van der Waals surface area contributed by atoms with Gasteiger partial charge in [0.2, 0.25) is 0 Å². The van der Waals surface area contributed by atoms with E-state index in [1.807, 2.05) is 18.2 Å². The summed E-state index contributed by atoms with van der Waals surface area (Å²) in [6.45, 7) is 4.32. The highest BCUT2D eigenvalue weighted by molar-refractivity contribution is 5.62. The van der Waals surface area contributed by atoms with Crippen LogP contribution >= 0.6 is 0 Å². The van der Waals surface area contributed by atoms with Crippen molar-refractivity contribution in [2.45, 2.75) is 45.6 Å². The molecule has 3 nitrogen and oxygen atoms in total. The standard InChI is InChI=1S/C16H23N3/c1-3-5-11-13(17)16-18-14(4-2)15(19-16)12-9-7-6-8-10-12/h6-10,13H,3-5,11,17H2,1-2H3,(H,18,19). The van der Waals surface area contributed by atoms with Crippen molar-refractivity contribution in [2.75, 3.05) is 0 Å². The van der Waals surface area contributed by atoms with Crippen molar-refractivity contribution in [3.05, 3.63) is 41.9 Å². The van der Waals surface area contributed by atoms with Gasteiger partial charge in [0.1, 0.15) is 5.82 Å². The maximum atomic E-state index is 6.20. The van der Waals surface area contributed by atoms with Crippen LogP contribution in [0.15, 0.2) is 30.3 Å². The van der Waals surface area contributed by atoms with Crippen LogP contribution in [0.1, 0.15) is 50.7 Å². The first-order valence-corrected chi connectivity index (χ1v) is 7.16. The lowest BCUT2D eigenvalue weighted by Crippen LogP contribution is -2.11. The molecule has 0 aliphatic rings. The summed E-state index contributed by atoms with van der Waals surface area (Å²) in [6, 6.07) is 10.3. The van der Waals surface area contributed by atoms with Crippen LogP contribution in [0.4, 0.5) is 0 Å². The van der Waals surface area contributed by atoms with Crippen LogP contribution in [0, 0.1) is 0 Å². The lowest BCUT2D eigenvalue weighted by molar-refractivity contribution is 0.579. The zero-order chi connectivity index (χ0) is 13.7. The summed E-state index contributed by atoms with van der Waals surface area (Å²) in [7, 11) is 0. The molecule has 19 heavy (non-hydrogen) atoms. The Hall–Kier alpha value is -1.61. The summed E-state index contributed by atoms with van der Waals surface area (Å²) in [6.07, 6.45) is 4.24. The number of aromatic amines is 1. The fourth-order valence-corrected chi connectivity index (χ4v) is 2.26. The van der Waals surface area contributed by atoms with Gasteiger partial charge in [-0.2, -0.15) is 0 Å². The number of nitrogens with two attached hydrogens (primary N) is 1.